The number of hydrogen-bond acceptors (Lipinski definition) is 3. The van der Waals surface area contributed by atoms with Crippen LogP contribution in [0.4, 0.5) is 4.79 Å². The Morgan fingerprint density at radius 2 is 2.00 bits per heavy atom. The van der Waals surface area contributed by atoms with E-state index in [9.17, 15) is 4.79 Å². The third-order valence-corrected chi connectivity index (χ3v) is 5.03. The SMILES string of the molecule is CCn1ncc2c1CCC21CCN(C(=O)OC(C)(C)C)CC1. The summed E-state index contributed by atoms with van der Waals surface area (Å²) in [5, 5.41) is 4.52. The van der Waals surface area contributed by atoms with Gasteiger partial charge in [-0.25, -0.2) is 4.79 Å². The molecular formula is C17H27N3O2. The molecule has 0 saturated carbocycles. The molecule has 5 heteroatoms. The molecule has 22 heavy (non-hydrogen) atoms. The van der Waals surface area contributed by atoms with Gasteiger partial charge >= 0.3 is 6.09 Å². The Labute approximate surface area is 132 Å². The maximum atomic E-state index is 12.2. The summed E-state index contributed by atoms with van der Waals surface area (Å²) in [4.78, 5) is 14.1. The van der Waals surface area contributed by atoms with Gasteiger partial charge in [-0.05, 0) is 58.9 Å². The second-order valence-electron chi connectivity index (χ2n) is 7.57. The number of ether oxygens (including phenoxy) is 1. The summed E-state index contributed by atoms with van der Waals surface area (Å²) >= 11 is 0. The molecule has 1 fully saturated rings. The zero-order chi connectivity index (χ0) is 16.0. The minimum atomic E-state index is -0.422. The molecule has 0 unspecified atom stereocenters. The van der Waals surface area contributed by atoms with E-state index in [0.29, 0.717) is 0 Å². The van der Waals surface area contributed by atoms with Crippen molar-refractivity contribution in [2.45, 2.75) is 70.9 Å². The molecule has 122 valence electrons. The normalized spacial score (nSPS) is 20.3. The highest BCUT2D eigenvalue weighted by molar-refractivity contribution is 5.68. The highest BCUT2D eigenvalue weighted by atomic mass is 16.6. The van der Waals surface area contributed by atoms with Crippen LogP contribution in [0.25, 0.3) is 0 Å². The molecule has 0 N–H and O–H groups in total. The predicted octanol–water partition coefficient (Wildman–Crippen LogP) is 3.12. The van der Waals surface area contributed by atoms with Crippen LogP contribution in [0.1, 0.15) is 58.2 Å². The van der Waals surface area contributed by atoms with Crippen LogP contribution in [0.3, 0.4) is 0 Å². The molecular weight excluding hydrogens is 278 g/mol. The van der Waals surface area contributed by atoms with Crippen LogP contribution in [0.15, 0.2) is 6.20 Å². The first kappa shape index (κ1) is 15.4. The zero-order valence-electron chi connectivity index (χ0n) is 14.2. The highest BCUT2D eigenvalue weighted by Crippen LogP contribution is 2.46. The average molecular weight is 305 g/mol. The van der Waals surface area contributed by atoms with E-state index < -0.39 is 5.60 Å². The molecule has 3 rings (SSSR count). The van der Waals surface area contributed by atoms with Crippen molar-refractivity contribution in [3.8, 4) is 0 Å². The van der Waals surface area contributed by atoms with Crippen molar-refractivity contribution in [1.29, 1.82) is 0 Å². The lowest BCUT2D eigenvalue weighted by molar-refractivity contribution is 0.0164. The minimum Gasteiger partial charge on any atom is -0.444 e. The lowest BCUT2D eigenvalue weighted by Crippen LogP contribution is -2.46. The third kappa shape index (κ3) is 2.61. The molecule has 1 spiro atoms. The van der Waals surface area contributed by atoms with Gasteiger partial charge in [0.2, 0.25) is 0 Å². The molecule has 2 aliphatic rings. The van der Waals surface area contributed by atoms with E-state index in [2.05, 4.69) is 22.9 Å². The van der Waals surface area contributed by atoms with E-state index in [1.165, 1.54) is 17.7 Å². The molecule has 1 aromatic heterocycles. The number of aromatic nitrogens is 2. The van der Waals surface area contributed by atoms with E-state index in [4.69, 9.17) is 4.74 Å². The Kier molecular flexibility index (Phi) is 3.69. The van der Waals surface area contributed by atoms with Crippen molar-refractivity contribution in [3.63, 3.8) is 0 Å². The van der Waals surface area contributed by atoms with Crippen LogP contribution in [-0.4, -0.2) is 39.5 Å². The number of rotatable bonds is 1. The molecule has 1 aliphatic heterocycles. The van der Waals surface area contributed by atoms with Gasteiger partial charge in [-0.15, -0.1) is 0 Å². The van der Waals surface area contributed by atoms with Gasteiger partial charge < -0.3 is 9.64 Å². The first-order chi connectivity index (χ1) is 10.3. The van der Waals surface area contributed by atoms with Crippen molar-refractivity contribution >= 4 is 6.09 Å². The number of carbonyl (C=O) groups is 1. The van der Waals surface area contributed by atoms with Crippen LogP contribution in [0.5, 0.6) is 0 Å². The Morgan fingerprint density at radius 1 is 1.32 bits per heavy atom. The van der Waals surface area contributed by atoms with Crippen molar-refractivity contribution in [1.82, 2.24) is 14.7 Å². The molecule has 1 aliphatic carbocycles. The fourth-order valence-electron chi connectivity index (χ4n) is 3.85. The number of fused-ring (bicyclic) bond motifs is 2. The lowest BCUT2D eigenvalue weighted by Gasteiger charge is -2.39. The second kappa shape index (κ2) is 5.28. The zero-order valence-corrected chi connectivity index (χ0v) is 14.2. The van der Waals surface area contributed by atoms with Gasteiger partial charge in [0.25, 0.3) is 0 Å². The maximum Gasteiger partial charge on any atom is 0.410 e. The Balaban J connectivity index is 1.68. The lowest BCUT2D eigenvalue weighted by atomic mass is 9.75. The van der Waals surface area contributed by atoms with Crippen molar-refractivity contribution in [2.24, 2.45) is 0 Å². The molecule has 0 bridgehead atoms. The fourth-order valence-corrected chi connectivity index (χ4v) is 3.85. The third-order valence-electron chi connectivity index (χ3n) is 5.03. The predicted molar refractivity (Wildman–Crippen MR) is 84.9 cm³/mol. The number of piperidine rings is 1. The Bertz CT molecular complexity index is 563. The quantitative estimate of drug-likeness (QED) is 0.801. The van der Waals surface area contributed by atoms with Gasteiger partial charge in [0, 0.05) is 30.7 Å². The molecule has 5 nitrogen and oxygen atoms in total. The van der Waals surface area contributed by atoms with E-state index in [1.807, 2.05) is 25.7 Å². The van der Waals surface area contributed by atoms with Gasteiger partial charge in [0.15, 0.2) is 0 Å². The van der Waals surface area contributed by atoms with Gasteiger partial charge in [-0.3, -0.25) is 4.68 Å². The van der Waals surface area contributed by atoms with Gasteiger partial charge in [-0.2, -0.15) is 5.10 Å². The fraction of sp³-hybridized carbons (Fsp3) is 0.765. The number of amides is 1. The number of likely N-dealkylation sites (tertiary alicyclic amines) is 1. The summed E-state index contributed by atoms with van der Waals surface area (Å²) in [5.41, 5.74) is 2.66. The molecule has 1 aromatic rings. The number of carbonyl (C=O) groups excluding carboxylic acids is 1. The van der Waals surface area contributed by atoms with E-state index in [0.717, 1.165) is 38.9 Å². The van der Waals surface area contributed by atoms with E-state index in [1.54, 1.807) is 0 Å². The van der Waals surface area contributed by atoms with E-state index >= 15 is 0 Å². The van der Waals surface area contributed by atoms with Crippen molar-refractivity contribution in [3.05, 3.63) is 17.5 Å². The summed E-state index contributed by atoms with van der Waals surface area (Å²) < 4.78 is 7.62. The molecule has 1 saturated heterocycles. The molecule has 0 aromatic carbocycles. The monoisotopic (exact) mass is 305 g/mol. The van der Waals surface area contributed by atoms with Crippen LogP contribution < -0.4 is 0 Å². The van der Waals surface area contributed by atoms with Crippen LogP contribution >= 0.6 is 0 Å². The van der Waals surface area contributed by atoms with Gasteiger partial charge in [0.05, 0.1) is 6.20 Å². The average Bonchev–Trinajstić information content (AvgIpc) is 3.00. The Morgan fingerprint density at radius 3 is 2.59 bits per heavy atom. The van der Waals surface area contributed by atoms with E-state index in [-0.39, 0.29) is 11.5 Å². The highest BCUT2D eigenvalue weighted by Gasteiger charge is 2.44. The second-order valence-corrected chi connectivity index (χ2v) is 7.57. The maximum absolute atomic E-state index is 12.2. The number of hydrogen-bond donors (Lipinski definition) is 0. The standard InChI is InChI=1S/C17H27N3O2/c1-5-20-14-6-7-17(13(14)12-18-20)8-10-19(11-9-17)15(21)22-16(2,3)4/h12H,5-11H2,1-4H3. The molecule has 1 amide bonds. The largest absolute Gasteiger partial charge is 0.444 e. The summed E-state index contributed by atoms with van der Waals surface area (Å²) in [7, 11) is 0. The topological polar surface area (TPSA) is 47.4 Å². The first-order valence-electron chi connectivity index (χ1n) is 8.38. The van der Waals surface area contributed by atoms with Crippen LogP contribution in [-0.2, 0) is 23.1 Å². The first-order valence-corrected chi connectivity index (χ1v) is 8.38. The summed E-state index contributed by atoms with van der Waals surface area (Å²) in [5.74, 6) is 0. The van der Waals surface area contributed by atoms with Crippen LogP contribution in [0, 0.1) is 0 Å². The number of aryl methyl sites for hydroxylation is 1. The molecule has 0 atom stereocenters. The van der Waals surface area contributed by atoms with Crippen LogP contribution in [0.2, 0.25) is 0 Å². The van der Waals surface area contributed by atoms with Crippen molar-refractivity contribution < 1.29 is 9.53 Å². The number of nitrogens with zero attached hydrogens (tertiary/aromatic N) is 3. The smallest absolute Gasteiger partial charge is 0.410 e. The summed E-state index contributed by atoms with van der Waals surface area (Å²) in [6.07, 6.45) is 6.25. The van der Waals surface area contributed by atoms with Crippen molar-refractivity contribution in [2.75, 3.05) is 13.1 Å². The Hall–Kier alpha value is -1.52. The van der Waals surface area contributed by atoms with Gasteiger partial charge in [0.1, 0.15) is 5.60 Å². The molecule has 0 radical (unpaired) electrons. The van der Waals surface area contributed by atoms with Gasteiger partial charge in [-0.1, -0.05) is 0 Å². The summed E-state index contributed by atoms with van der Waals surface area (Å²) in [6.45, 7) is 10.4. The minimum absolute atomic E-state index is 0.176. The summed E-state index contributed by atoms with van der Waals surface area (Å²) in [6, 6.07) is 0. The molecule has 2 heterocycles.